The van der Waals surface area contributed by atoms with Gasteiger partial charge >= 0.3 is 0 Å². The largest absolute Gasteiger partial charge is 0.384 e. The van der Waals surface area contributed by atoms with E-state index in [2.05, 4.69) is 45.5 Å². The predicted molar refractivity (Wildman–Crippen MR) is 115 cm³/mol. The van der Waals surface area contributed by atoms with E-state index in [0.717, 1.165) is 32.2 Å². The van der Waals surface area contributed by atoms with Crippen molar-refractivity contribution < 1.29 is 4.74 Å². The smallest absolute Gasteiger partial charge is 0.193 e. The van der Waals surface area contributed by atoms with Gasteiger partial charge in [0.1, 0.15) is 0 Å². The van der Waals surface area contributed by atoms with Gasteiger partial charge in [0.15, 0.2) is 5.96 Å². The fraction of sp³-hybridized carbons (Fsp3) is 0.650. The Morgan fingerprint density at radius 3 is 2.64 bits per heavy atom. The molecule has 4 nitrogen and oxygen atoms in total. The zero-order valence-electron chi connectivity index (χ0n) is 15.5. The van der Waals surface area contributed by atoms with Crippen molar-refractivity contribution in [3.63, 3.8) is 0 Å². The number of halogens is 1. The molecule has 1 aliphatic heterocycles. The molecule has 1 N–H and O–H groups in total. The van der Waals surface area contributed by atoms with Crippen molar-refractivity contribution in [3.8, 4) is 0 Å². The Bertz CT molecular complexity index is 543. The predicted octanol–water partition coefficient (Wildman–Crippen LogP) is 3.66. The number of nitrogens with one attached hydrogen (secondary N) is 1. The third-order valence-corrected chi connectivity index (χ3v) is 5.73. The summed E-state index contributed by atoms with van der Waals surface area (Å²) in [5.41, 5.74) is 1.74. The number of hydrogen-bond donors (Lipinski definition) is 1. The lowest BCUT2D eigenvalue weighted by Gasteiger charge is -2.32. The molecule has 3 rings (SSSR count). The van der Waals surface area contributed by atoms with Crippen LogP contribution in [0.5, 0.6) is 0 Å². The molecule has 140 valence electrons. The average Bonchev–Trinajstić information content (AvgIpc) is 3.27. The van der Waals surface area contributed by atoms with E-state index in [9.17, 15) is 0 Å². The zero-order valence-corrected chi connectivity index (χ0v) is 17.9. The quantitative estimate of drug-likeness (QED) is 0.417. The van der Waals surface area contributed by atoms with Crippen LogP contribution in [0.3, 0.4) is 0 Å². The van der Waals surface area contributed by atoms with E-state index in [1.807, 2.05) is 7.05 Å². The highest BCUT2D eigenvalue weighted by molar-refractivity contribution is 14.0. The second-order valence-corrected chi connectivity index (χ2v) is 7.31. The summed E-state index contributed by atoms with van der Waals surface area (Å²) in [5.74, 6) is 1.68. The molecule has 1 unspecified atom stereocenters. The molecule has 2 fully saturated rings. The van der Waals surface area contributed by atoms with Crippen LogP contribution in [0.25, 0.3) is 0 Å². The topological polar surface area (TPSA) is 36.9 Å². The summed E-state index contributed by atoms with van der Waals surface area (Å²) >= 11 is 0. The molecule has 0 aromatic heterocycles. The Balaban J connectivity index is 0.00000225. The number of hydrogen-bond acceptors (Lipinski definition) is 2. The Labute approximate surface area is 169 Å². The Morgan fingerprint density at radius 1 is 1.28 bits per heavy atom. The molecule has 1 aromatic rings. The highest BCUT2D eigenvalue weighted by atomic mass is 127. The lowest BCUT2D eigenvalue weighted by atomic mass is 9.79. The molecule has 1 saturated carbocycles. The first kappa shape index (κ1) is 20.5. The van der Waals surface area contributed by atoms with Gasteiger partial charge in [-0.15, -0.1) is 24.0 Å². The second-order valence-electron chi connectivity index (χ2n) is 7.31. The number of aliphatic imine (C=N–C) groups is 1. The van der Waals surface area contributed by atoms with Crippen LogP contribution in [0.4, 0.5) is 0 Å². The number of ether oxygens (including phenoxy) is 1. The van der Waals surface area contributed by atoms with E-state index in [1.165, 1.54) is 37.7 Å². The second kappa shape index (κ2) is 9.76. The zero-order chi connectivity index (χ0) is 16.8. The molecule has 0 radical (unpaired) electrons. The summed E-state index contributed by atoms with van der Waals surface area (Å²) < 4.78 is 5.32. The van der Waals surface area contributed by atoms with Gasteiger partial charge in [-0.1, -0.05) is 43.2 Å². The summed E-state index contributed by atoms with van der Waals surface area (Å²) in [6, 6.07) is 11.0. The molecule has 1 saturated heterocycles. The molecule has 0 amide bonds. The third kappa shape index (κ3) is 4.88. The minimum atomic E-state index is 0. The van der Waals surface area contributed by atoms with E-state index >= 15 is 0 Å². The molecule has 1 aromatic carbocycles. The highest BCUT2D eigenvalue weighted by Crippen LogP contribution is 2.40. The van der Waals surface area contributed by atoms with E-state index < -0.39 is 0 Å². The lowest BCUT2D eigenvalue weighted by Crippen LogP contribution is -2.46. The van der Waals surface area contributed by atoms with Crippen LogP contribution in [0.1, 0.15) is 37.7 Å². The Hall–Kier alpha value is -0.820. The first-order chi connectivity index (χ1) is 11.8. The monoisotopic (exact) mass is 457 g/mol. The van der Waals surface area contributed by atoms with Crippen molar-refractivity contribution in [3.05, 3.63) is 35.9 Å². The minimum absolute atomic E-state index is 0. The summed E-state index contributed by atoms with van der Waals surface area (Å²) in [6.07, 6.45) is 6.39. The summed E-state index contributed by atoms with van der Waals surface area (Å²) in [5, 5.41) is 3.69. The van der Waals surface area contributed by atoms with Gasteiger partial charge in [-0.25, -0.2) is 0 Å². The van der Waals surface area contributed by atoms with Gasteiger partial charge in [-0.05, 0) is 24.8 Å². The van der Waals surface area contributed by atoms with E-state index in [0.29, 0.717) is 5.92 Å². The summed E-state index contributed by atoms with van der Waals surface area (Å²) in [4.78, 5) is 6.93. The van der Waals surface area contributed by atoms with Crippen molar-refractivity contribution in [2.75, 3.05) is 40.4 Å². The SMILES string of the molecule is CN=C(NCC1(c2ccccc2)CCCC1)N1CCC(COC)C1.I. The van der Waals surface area contributed by atoms with Crippen LogP contribution >= 0.6 is 24.0 Å². The molecular weight excluding hydrogens is 425 g/mol. The third-order valence-electron chi connectivity index (χ3n) is 5.73. The van der Waals surface area contributed by atoms with E-state index in [-0.39, 0.29) is 29.4 Å². The number of likely N-dealkylation sites (tertiary alicyclic amines) is 1. The number of methoxy groups -OCH3 is 1. The summed E-state index contributed by atoms with van der Waals surface area (Å²) in [6.45, 7) is 3.95. The van der Waals surface area contributed by atoms with E-state index in [4.69, 9.17) is 4.74 Å². The van der Waals surface area contributed by atoms with Gasteiger partial charge in [0, 0.05) is 45.1 Å². The first-order valence-corrected chi connectivity index (χ1v) is 9.27. The summed E-state index contributed by atoms with van der Waals surface area (Å²) in [7, 11) is 3.69. The fourth-order valence-electron chi connectivity index (χ4n) is 4.39. The van der Waals surface area contributed by atoms with Crippen LogP contribution in [-0.4, -0.2) is 51.3 Å². The van der Waals surface area contributed by atoms with Crippen molar-refractivity contribution in [2.24, 2.45) is 10.9 Å². The molecular formula is C20H32IN3O. The maximum absolute atomic E-state index is 5.32. The number of nitrogens with zero attached hydrogens (tertiary/aromatic N) is 2. The molecule has 1 heterocycles. The molecule has 5 heteroatoms. The van der Waals surface area contributed by atoms with Gasteiger partial charge in [0.2, 0.25) is 0 Å². The molecule has 2 aliphatic rings. The Morgan fingerprint density at radius 2 is 2.00 bits per heavy atom. The van der Waals surface area contributed by atoms with Crippen LogP contribution in [-0.2, 0) is 10.2 Å². The van der Waals surface area contributed by atoms with Crippen molar-refractivity contribution in [2.45, 2.75) is 37.5 Å². The molecule has 0 spiro atoms. The lowest BCUT2D eigenvalue weighted by molar-refractivity contribution is 0.157. The van der Waals surface area contributed by atoms with Gasteiger partial charge < -0.3 is 15.0 Å². The molecule has 1 atom stereocenters. The van der Waals surface area contributed by atoms with Gasteiger partial charge in [0.25, 0.3) is 0 Å². The number of benzene rings is 1. The maximum Gasteiger partial charge on any atom is 0.193 e. The highest BCUT2D eigenvalue weighted by Gasteiger charge is 2.36. The van der Waals surface area contributed by atoms with Crippen LogP contribution < -0.4 is 5.32 Å². The minimum Gasteiger partial charge on any atom is -0.384 e. The van der Waals surface area contributed by atoms with Gasteiger partial charge in [0.05, 0.1) is 6.61 Å². The van der Waals surface area contributed by atoms with Crippen molar-refractivity contribution >= 4 is 29.9 Å². The molecule has 0 bridgehead atoms. The normalized spacial score (nSPS) is 22.7. The number of rotatable bonds is 5. The maximum atomic E-state index is 5.32. The van der Waals surface area contributed by atoms with E-state index in [1.54, 1.807) is 7.11 Å². The van der Waals surface area contributed by atoms with Crippen LogP contribution in [0.15, 0.2) is 35.3 Å². The fourth-order valence-corrected chi connectivity index (χ4v) is 4.39. The Kier molecular flexibility index (Phi) is 8.00. The van der Waals surface area contributed by atoms with Gasteiger partial charge in [-0.2, -0.15) is 0 Å². The van der Waals surface area contributed by atoms with Crippen molar-refractivity contribution in [1.29, 1.82) is 0 Å². The van der Waals surface area contributed by atoms with Gasteiger partial charge in [-0.3, -0.25) is 4.99 Å². The molecule has 1 aliphatic carbocycles. The number of guanidine groups is 1. The average molecular weight is 457 g/mol. The van der Waals surface area contributed by atoms with Crippen LogP contribution in [0, 0.1) is 5.92 Å². The van der Waals surface area contributed by atoms with Crippen molar-refractivity contribution in [1.82, 2.24) is 10.2 Å². The molecule has 25 heavy (non-hydrogen) atoms. The standard InChI is InChI=1S/C20H31N3O.HI/c1-21-19(23-13-10-17(14-23)15-24-2)22-16-20(11-6-7-12-20)18-8-4-3-5-9-18;/h3-5,8-9,17H,6-7,10-16H2,1-2H3,(H,21,22);1H. The van der Waals surface area contributed by atoms with Crippen LogP contribution in [0.2, 0.25) is 0 Å². The first-order valence-electron chi connectivity index (χ1n) is 9.27.